The topological polar surface area (TPSA) is 65.1 Å². The standard InChI is InChI=1S/C27H27F2NO5/c1-33-21-9-3-15(13-22(21)34-2)11-12-30-24(16-4-6-17(28)7-5-16)23-25(31)19-14-18(29)8-10-20(19)35-26(23)27(30)32/h3-7,9,13,18-20,24H,8,10-12,14H2,1-2H3. The van der Waals surface area contributed by atoms with Gasteiger partial charge in [-0.25, -0.2) is 8.78 Å². The van der Waals surface area contributed by atoms with E-state index in [2.05, 4.69) is 0 Å². The van der Waals surface area contributed by atoms with Crippen LogP contribution in [0.1, 0.15) is 36.4 Å². The number of carbonyl (C=O) groups is 2. The molecule has 0 N–H and O–H groups in total. The molecule has 35 heavy (non-hydrogen) atoms. The quantitative estimate of drug-likeness (QED) is 0.612. The highest BCUT2D eigenvalue weighted by atomic mass is 19.1. The number of nitrogens with zero attached hydrogens (tertiary/aromatic N) is 1. The van der Waals surface area contributed by atoms with Crippen molar-refractivity contribution in [3.05, 3.63) is 70.7 Å². The van der Waals surface area contributed by atoms with Gasteiger partial charge in [0.2, 0.25) is 0 Å². The first-order chi connectivity index (χ1) is 16.9. The van der Waals surface area contributed by atoms with Crippen molar-refractivity contribution in [3.8, 4) is 11.5 Å². The summed E-state index contributed by atoms with van der Waals surface area (Å²) < 4.78 is 44.6. The van der Waals surface area contributed by atoms with E-state index in [0.29, 0.717) is 42.9 Å². The Balaban J connectivity index is 1.47. The second-order valence-electron chi connectivity index (χ2n) is 9.17. The van der Waals surface area contributed by atoms with E-state index >= 15 is 0 Å². The summed E-state index contributed by atoms with van der Waals surface area (Å²) in [6.45, 7) is 0.293. The molecule has 2 heterocycles. The van der Waals surface area contributed by atoms with E-state index in [1.54, 1.807) is 37.3 Å². The number of ketones is 1. The molecule has 1 amide bonds. The Morgan fingerprint density at radius 2 is 1.77 bits per heavy atom. The number of halogens is 2. The number of methoxy groups -OCH3 is 2. The highest BCUT2D eigenvalue weighted by Crippen LogP contribution is 2.47. The predicted molar refractivity (Wildman–Crippen MR) is 123 cm³/mol. The van der Waals surface area contributed by atoms with Crippen molar-refractivity contribution >= 4 is 11.7 Å². The lowest BCUT2D eigenvalue weighted by Crippen LogP contribution is -2.42. The largest absolute Gasteiger partial charge is 0.493 e. The van der Waals surface area contributed by atoms with Crippen LogP contribution in [-0.2, 0) is 20.7 Å². The monoisotopic (exact) mass is 483 g/mol. The van der Waals surface area contributed by atoms with Crippen molar-refractivity contribution in [3.63, 3.8) is 0 Å². The van der Waals surface area contributed by atoms with Crippen LogP contribution >= 0.6 is 0 Å². The van der Waals surface area contributed by atoms with Crippen LogP contribution in [0.25, 0.3) is 0 Å². The van der Waals surface area contributed by atoms with Crippen LogP contribution < -0.4 is 9.47 Å². The van der Waals surface area contributed by atoms with Gasteiger partial charge >= 0.3 is 0 Å². The summed E-state index contributed by atoms with van der Waals surface area (Å²) in [5.41, 5.74) is 1.78. The molecule has 184 valence electrons. The summed E-state index contributed by atoms with van der Waals surface area (Å²) in [4.78, 5) is 28.7. The molecule has 4 atom stereocenters. The highest BCUT2D eigenvalue weighted by molar-refractivity contribution is 6.11. The van der Waals surface area contributed by atoms with Gasteiger partial charge in [0.25, 0.3) is 5.91 Å². The zero-order chi connectivity index (χ0) is 24.7. The van der Waals surface area contributed by atoms with Gasteiger partial charge in [-0.1, -0.05) is 18.2 Å². The maximum Gasteiger partial charge on any atom is 0.290 e. The van der Waals surface area contributed by atoms with Crippen LogP contribution in [0.15, 0.2) is 53.8 Å². The second-order valence-corrected chi connectivity index (χ2v) is 9.17. The smallest absolute Gasteiger partial charge is 0.290 e. The van der Waals surface area contributed by atoms with E-state index in [9.17, 15) is 18.4 Å². The molecule has 3 aliphatic rings. The van der Waals surface area contributed by atoms with Crippen LogP contribution in [0.4, 0.5) is 8.78 Å². The third-order valence-corrected chi connectivity index (χ3v) is 7.15. The van der Waals surface area contributed by atoms with Crippen molar-refractivity contribution in [2.75, 3.05) is 20.8 Å². The summed E-state index contributed by atoms with van der Waals surface area (Å²) in [5, 5.41) is 0. The number of rotatable bonds is 6. The fourth-order valence-corrected chi connectivity index (χ4v) is 5.37. The average molecular weight is 484 g/mol. The first-order valence-electron chi connectivity index (χ1n) is 11.8. The molecule has 1 aliphatic carbocycles. The molecule has 0 bridgehead atoms. The summed E-state index contributed by atoms with van der Waals surface area (Å²) in [5.74, 6) is -0.410. The number of amides is 1. The third-order valence-electron chi connectivity index (χ3n) is 7.15. The number of hydrogen-bond acceptors (Lipinski definition) is 5. The van der Waals surface area contributed by atoms with Gasteiger partial charge in [-0.15, -0.1) is 0 Å². The number of fused-ring (bicyclic) bond motifs is 1. The summed E-state index contributed by atoms with van der Waals surface area (Å²) in [6, 6.07) is 10.6. The van der Waals surface area contributed by atoms with Crippen LogP contribution in [0.2, 0.25) is 0 Å². The lowest BCUT2D eigenvalue weighted by molar-refractivity contribution is -0.136. The fraction of sp³-hybridized carbons (Fsp3) is 0.407. The molecular weight excluding hydrogens is 456 g/mol. The number of hydrogen-bond donors (Lipinski definition) is 0. The lowest BCUT2D eigenvalue weighted by Gasteiger charge is -2.36. The Morgan fingerprint density at radius 3 is 2.49 bits per heavy atom. The highest BCUT2D eigenvalue weighted by Gasteiger charge is 2.52. The number of carbonyl (C=O) groups excluding carboxylic acids is 2. The molecule has 0 spiro atoms. The van der Waals surface area contributed by atoms with E-state index in [-0.39, 0.29) is 29.4 Å². The Morgan fingerprint density at radius 1 is 1.03 bits per heavy atom. The fourth-order valence-electron chi connectivity index (χ4n) is 5.37. The van der Waals surface area contributed by atoms with Gasteiger partial charge in [-0.05, 0) is 61.1 Å². The molecule has 8 heteroatoms. The molecule has 4 unspecified atom stereocenters. The van der Waals surface area contributed by atoms with Crippen molar-refractivity contribution in [2.24, 2.45) is 5.92 Å². The summed E-state index contributed by atoms with van der Waals surface area (Å²) in [6.07, 6.45) is -0.261. The number of benzene rings is 2. The minimum Gasteiger partial charge on any atom is -0.493 e. The van der Waals surface area contributed by atoms with E-state index in [0.717, 1.165) is 5.56 Å². The third kappa shape index (κ3) is 4.15. The summed E-state index contributed by atoms with van der Waals surface area (Å²) >= 11 is 0. The van der Waals surface area contributed by atoms with Gasteiger partial charge in [0, 0.05) is 6.54 Å². The Bertz CT molecular complexity index is 1180. The van der Waals surface area contributed by atoms with Crippen LogP contribution in [-0.4, -0.2) is 49.6 Å². The molecule has 5 rings (SSSR count). The normalized spacial score (nSPS) is 25.8. The van der Waals surface area contributed by atoms with Gasteiger partial charge in [0.15, 0.2) is 23.0 Å². The molecule has 0 radical (unpaired) electrons. The zero-order valence-corrected chi connectivity index (χ0v) is 19.6. The molecule has 1 fully saturated rings. The van der Waals surface area contributed by atoms with Crippen molar-refractivity contribution < 1.29 is 32.6 Å². The Labute approximate surface area is 202 Å². The predicted octanol–water partition coefficient (Wildman–Crippen LogP) is 4.33. The van der Waals surface area contributed by atoms with E-state index in [1.807, 2.05) is 12.1 Å². The van der Waals surface area contributed by atoms with Crippen LogP contribution in [0.5, 0.6) is 11.5 Å². The van der Waals surface area contributed by atoms with Crippen molar-refractivity contribution in [1.29, 1.82) is 0 Å². The lowest BCUT2D eigenvalue weighted by atomic mass is 9.77. The first-order valence-corrected chi connectivity index (χ1v) is 11.8. The molecule has 2 aromatic rings. The molecular formula is C27H27F2NO5. The Kier molecular flexibility index (Phi) is 6.21. The maximum absolute atomic E-state index is 14.2. The van der Waals surface area contributed by atoms with Gasteiger partial charge in [-0.2, -0.15) is 0 Å². The van der Waals surface area contributed by atoms with E-state index in [4.69, 9.17) is 14.2 Å². The van der Waals surface area contributed by atoms with Crippen LogP contribution in [0, 0.1) is 11.7 Å². The number of Topliss-reactive ketones (excluding diaryl/α,β-unsaturated/α-hetero) is 1. The summed E-state index contributed by atoms with van der Waals surface area (Å²) in [7, 11) is 3.11. The minimum atomic E-state index is -1.06. The number of ether oxygens (including phenoxy) is 3. The molecule has 0 saturated heterocycles. The van der Waals surface area contributed by atoms with E-state index in [1.165, 1.54) is 12.1 Å². The molecule has 1 saturated carbocycles. The van der Waals surface area contributed by atoms with Gasteiger partial charge in [0.1, 0.15) is 18.1 Å². The van der Waals surface area contributed by atoms with Gasteiger partial charge in [-0.3, -0.25) is 9.59 Å². The molecule has 2 aromatic carbocycles. The number of alkyl halides is 1. The van der Waals surface area contributed by atoms with Crippen LogP contribution in [0.3, 0.4) is 0 Å². The SMILES string of the molecule is COc1ccc(CCN2C(=O)C3=C(C(=O)C4CC(F)CCC4O3)C2c2ccc(F)cc2)cc1OC. The Hall–Kier alpha value is -3.42. The molecule has 0 aromatic heterocycles. The van der Waals surface area contributed by atoms with Crippen molar-refractivity contribution in [2.45, 2.75) is 44.0 Å². The van der Waals surface area contributed by atoms with Crippen molar-refractivity contribution in [1.82, 2.24) is 4.90 Å². The maximum atomic E-state index is 14.2. The van der Waals surface area contributed by atoms with Gasteiger partial charge in [0.05, 0.1) is 31.8 Å². The molecule has 6 nitrogen and oxygen atoms in total. The van der Waals surface area contributed by atoms with E-state index < -0.39 is 30.1 Å². The zero-order valence-electron chi connectivity index (χ0n) is 19.6. The van der Waals surface area contributed by atoms with Gasteiger partial charge < -0.3 is 19.1 Å². The second kappa shape index (κ2) is 9.32. The minimum absolute atomic E-state index is 0.0511. The molecule has 2 aliphatic heterocycles. The first kappa shape index (κ1) is 23.3. The average Bonchev–Trinajstić information content (AvgIpc) is 3.15.